The van der Waals surface area contributed by atoms with Crippen molar-refractivity contribution in [2.24, 2.45) is 0 Å². The summed E-state index contributed by atoms with van der Waals surface area (Å²) in [4.78, 5) is 0. The molecule has 4 heteroatoms. The fraction of sp³-hybridized carbons (Fsp3) is 0. The van der Waals surface area contributed by atoms with Crippen molar-refractivity contribution in [1.29, 1.82) is 0 Å². The summed E-state index contributed by atoms with van der Waals surface area (Å²) in [5, 5.41) is 22.6. The fourth-order valence-electron chi connectivity index (χ4n) is 1.81. The molecule has 0 fully saturated rings. The first-order valence-electron chi connectivity index (χ1n) is 5.09. The Morgan fingerprint density at radius 3 is 2.76 bits per heavy atom. The third-order valence-corrected chi connectivity index (χ3v) is 2.63. The van der Waals surface area contributed by atoms with Crippen molar-refractivity contribution >= 4 is 12.3 Å². The zero-order valence-electron chi connectivity index (χ0n) is 8.88. The Morgan fingerprint density at radius 2 is 1.94 bits per heavy atom. The van der Waals surface area contributed by atoms with Crippen molar-refractivity contribution in [3.8, 4) is 17.2 Å². The highest BCUT2D eigenvalue weighted by Gasteiger charge is 2.21. The van der Waals surface area contributed by atoms with Crippen molar-refractivity contribution in [1.82, 2.24) is 4.74 Å². The maximum Gasteiger partial charge on any atom is 0.260 e. The molecule has 1 aliphatic heterocycles. The van der Waals surface area contributed by atoms with Gasteiger partial charge in [0.15, 0.2) is 0 Å². The van der Waals surface area contributed by atoms with Crippen LogP contribution in [0.2, 0.25) is 0 Å². The molecule has 0 spiro atoms. The molecule has 2 aromatic carbocycles. The van der Waals surface area contributed by atoms with E-state index in [9.17, 15) is 10.3 Å². The summed E-state index contributed by atoms with van der Waals surface area (Å²) < 4.78 is 6.35. The molecule has 1 N–H and O–H groups in total. The van der Waals surface area contributed by atoms with E-state index < -0.39 is 0 Å². The number of fused-ring (bicyclic) bond motifs is 2. The molecule has 0 saturated heterocycles. The SMILES string of the molecule is C=c1ccc2c(c1)Oc1cc(O)ccc1[N+]=2[O-]. The van der Waals surface area contributed by atoms with Crippen LogP contribution in [-0.4, -0.2) is 5.11 Å². The van der Waals surface area contributed by atoms with Gasteiger partial charge < -0.3 is 15.1 Å². The molecule has 1 heterocycles. The van der Waals surface area contributed by atoms with Gasteiger partial charge in [-0.15, -0.1) is 0 Å². The van der Waals surface area contributed by atoms with Gasteiger partial charge >= 0.3 is 0 Å². The van der Waals surface area contributed by atoms with E-state index in [1.54, 1.807) is 18.2 Å². The molecule has 0 unspecified atom stereocenters. The second-order valence-electron chi connectivity index (χ2n) is 3.85. The second kappa shape index (κ2) is 3.25. The molecule has 0 atom stereocenters. The second-order valence-corrected chi connectivity index (χ2v) is 3.85. The number of hydrogen-bond acceptors (Lipinski definition) is 3. The minimum absolute atomic E-state index is 0.0615. The number of phenols is 1. The van der Waals surface area contributed by atoms with Gasteiger partial charge in [-0.3, -0.25) is 0 Å². The first kappa shape index (κ1) is 9.72. The number of phenolic OH excluding ortho intramolecular Hbond substituents is 1. The molecule has 4 nitrogen and oxygen atoms in total. The molecule has 84 valence electrons. The van der Waals surface area contributed by atoms with E-state index in [4.69, 9.17) is 4.74 Å². The van der Waals surface area contributed by atoms with Crippen LogP contribution < -0.4 is 20.1 Å². The Hall–Kier alpha value is -2.49. The van der Waals surface area contributed by atoms with Gasteiger partial charge in [-0.2, -0.15) is 4.74 Å². The summed E-state index contributed by atoms with van der Waals surface area (Å²) in [6.45, 7) is 3.78. The van der Waals surface area contributed by atoms with Gasteiger partial charge in [0.05, 0.1) is 0 Å². The quantitative estimate of drug-likeness (QED) is 0.544. The lowest BCUT2D eigenvalue weighted by atomic mass is 10.2. The molecule has 0 bridgehead atoms. The van der Waals surface area contributed by atoms with Gasteiger partial charge in [0.1, 0.15) is 5.75 Å². The molecule has 0 radical (unpaired) electrons. The van der Waals surface area contributed by atoms with Crippen molar-refractivity contribution in [2.45, 2.75) is 0 Å². The molecule has 2 aromatic rings. The largest absolute Gasteiger partial charge is 0.618 e. The number of nitrogens with zero attached hydrogens (tertiary/aromatic N) is 1. The Balaban J connectivity index is 2.38. The molecular formula is C13H9NO3. The summed E-state index contributed by atoms with van der Waals surface area (Å²) >= 11 is 0. The van der Waals surface area contributed by atoms with Crippen LogP contribution in [0.3, 0.4) is 0 Å². The van der Waals surface area contributed by atoms with Crippen molar-refractivity contribution in [3.05, 3.63) is 52.2 Å². The molecule has 0 saturated carbocycles. The molecule has 0 amide bonds. The highest BCUT2D eigenvalue weighted by Crippen LogP contribution is 2.34. The van der Waals surface area contributed by atoms with E-state index in [0.717, 1.165) is 9.96 Å². The summed E-state index contributed by atoms with van der Waals surface area (Å²) in [6.07, 6.45) is 0. The van der Waals surface area contributed by atoms with Crippen molar-refractivity contribution < 1.29 is 9.84 Å². The summed E-state index contributed by atoms with van der Waals surface area (Å²) in [7, 11) is 0. The number of hydrogen-bond donors (Lipinski definition) is 1. The van der Waals surface area contributed by atoms with E-state index >= 15 is 0 Å². The zero-order valence-corrected chi connectivity index (χ0v) is 8.88. The number of aromatic hydroxyl groups is 1. The molecule has 1 aliphatic rings. The average Bonchev–Trinajstić information content (AvgIpc) is 2.28. The minimum Gasteiger partial charge on any atom is -0.618 e. The van der Waals surface area contributed by atoms with Crippen LogP contribution in [0.1, 0.15) is 0 Å². The van der Waals surface area contributed by atoms with Gasteiger partial charge in [-0.05, 0) is 23.4 Å². The third kappa shape index (κ3) is 1.42. The third-order valence-electron chi connectivity index (χ3n) is 2.63. The zero-order chi connectivity index (χ0) is 12.0. The smallest absolute Gasteiger partial charge is 0.260 e. The van der Waals surface area contributed by atoms with Gasteiger partial charge in [-0.1, -0.05) is 6.58 Å². The number of ether oxygens (including phenoxy) is 1. The minimum atomic E-state index is 0.0615. The van der Waals surface area contributed by atoms with Crippen LogP contribution >= 0.6 is 0 Å². The van der Waals surface area contributed by atoms with E-state index in [-0.39, 0.29) is 5.75 Å². The summed E-state index contributed by atoms with van der Waals surface area (Å²) in [5.41, 5.74) is 0.382. The average molecular weight is 227 g/mol. The summed E-state index contributed by atoms with van der Waals surface area (Å²) in [6, 6.07) is 9.50. The lowest BCUT2D eigenvalue weighted by Gasteiger charge is -2.15. The van der Waals surface area contributed by atoms with E-state index in [0.29, 0.717) is 22.5 Å². The Labute approximate surface area is 96.9 Å². The Bertz CT molecular complexity index is 722. The van der Waals surface area contributed by atoms with Crippen molar-refractivity contribution in [2.75, 3.05) is 0 Å². The molecule has 0 aliphatic carbocycles. The van der Waals surface area contributed by atoms with Crippen LogP contribution in [0.4, 0.5) is 5.69 Å². The first-order chi connectivity index (χ1) is 8.15. The maximum atomic E-state index is 12.1. The molecule has 0 aromatic heterocycles. The highest BCUT2D eigenvalue weighted by molar-refractivity contribution is 5.59. The van der Waals surface area contributed by atoms with Gasteiger partial charge in [0, 0.05) is 18.2 Å². The number of rotatable bonds is 0. The van der Waals surface area contributed by atoms with Crippen LogP contribution in [0.15, 0.2) is 36.4 Å². The Kier molecular flexibility index (Phi) is 1.86. The predicted octanol–water partition coefficient (Wildman–Crippen LogP) is 1.23. The summed E-state index contributed by atoms with van der Waals surface area (Å²) in [5.74, 6) is 0.857. The van der Waals surface area contributed by atoms with E-state index in [1.165, 1.54) is 18.2 Å². The number of benzene rings is 2. The predicted molar refractivity (Wildman–Crippen MR) is 63.7 cm³/mol. The lowest BCUT2D eigenvalue weighted by molar-refractivity contribution is 0.441. The Morgan fingerprint density at radius 1 is 1.12 bits per heavy atom. The maximum absolute atomic E-state index is 12.1. The van der Waals surface area contributed by atoms with Gasteiger partial charge in [0.2, 0.25) is 11.5 Å². The van der Waals surface area contributed by atoms with Gasteiger partial charge in [-0.25, -0.2) is 0 Å². The fourth-order valence-corrected chi connectivity index (χ4v) is 1.81. The molecule has 17 heavy (non-hydrogen) atoms. The van der Waals surface area contributed by atoms with Crippen LogP contribution in [-0.2, 0) is 0 Å². The van der Waals surface area contributed by atoms with Crippen LogP contribution in [0.5, 0.6) is 17.2 Å². The highest BCUT2D eigenvalue weighted by atomic mass is 16.5. The van der Waals surface area contributed by atoms with Crippen LogP contribution in [0, 0.1) is 5.21 Å². The van der Waals surface area contributed by atoms with E-state index in [2.05, 4.69) is 6.58 Å². The van der Waals surface area contributed by atoms with Crippen molar-refractivity contribution in [3.63, 3.8) is 0 Å². The molecular weight excluding hydrogens is 218 g/mol. The molecule has 3 rings (SSSR count). The van der Waals surface area contributed by atoms with E-state index in [1.807, 2.05) is 0 Å². The monoisotopic (exact) mass is 227 g/mol. The first-order valence-corrected chi connectivity index (χ1v) is 5.09. The topological polar surface area (TPSA) is 55.5 Å². The standard InChI is InChI=1S/C13H9NO3/c1-8-2-4-10-12(6-8)17-13-7-9(15)3-5-11(13)14(10)16/h2-7,15H,1H2. The lowest BCUT2D eigenvalue weighted by Crippen LogP contribution is -2.26. The normalized spacial score (nSPS) is 12.6. The van der Waals surface area contributed by atoms with Crippen LogP contribution in [0.25, 0.3) is 6.58 Å². The van der Waals surface area contributed by atoms with Gasteiger partial charge in [0.25, 0.3) is 11.0 Å².